The van der Waals surface area contributed by atoms with Gasteiger partial charge in [-0.2, -0.15) is 0 Å². The van der Waals surface area contributed by atoms with E-state index in [1.54, 1.807) is 6.92 Å². The van der Waals surface area contributed by atoms with Gasteiger partial charge in [0, 0.05) is 11.8 Å². The minimum atomic E-state index is -1.88. The summed E-state index contributed by atoms with van der Waals surface area (Å²) in [7, 11) is 0. The number of nitrogens with two attached hydrogens (primary N) is 1. The van der Waals surface area contributed by atoms with E-state index in [1.165, 1.54) is 12.3 Å². The first-order valence-corrected chi connectivity index (χ1v) is 4.70. The zero-order valence-corrected chi connectivity index (χ0v) is 8.99. The Balaban J connectivity index is 3.23. The molecule has 0 saturated heterocycles. The lowest BCUT2D eigenvalue weighted by Gasteiger charge is -2.16. The van der Waals surface area contributed by atoms with Crippen LogP contribution in [0.15, 0.2) is 12.3 Å². The number of amides is 1. The molecule has 5 N–H and O–H groups in total. The molecule has 7 nitrogen and oxygen atoms in total. The highest BCUT2D eigenvalue weighted by molar-refractivity contribution is 5.88. The number of hydrogen-bond acceptors (Lipinski definition) is 5. The zero-order valence-electron chi connectivity index (χ0n) is 8.99. The molecule has 17 heavy (non-hydrogen) atoms. The molecule has 0 aliphatic rings. The predicted octanol–water partition coefficient (Wildman–Crippen LogP) is -1.03. The van der Waals surface area contributed by atoms with Gasteiger partial charge in [0.2, 0.25) is 5.91 Å². The number of aromatic nitrogens is 1. The molecule has 0 bridgehead atoms. The highest BCUT2D eigenvalue weighted by Crippen LogP contribution is 2.21. The molecular formula is C10H12N2O5. The Morgan fingerprint density at radius 1 is 1.41 bits per heavy atom. The Morgan fingerprint density at radius 3 is 2.47 bits per heavy atom. The summed E-state index contributed by atoms with van der Waals surface area (Å²) >= 11 is 0. The summed E-state index contributed by atoms with van der Waals surface area (Å²) in [5.41, 5.74) is 4.83. The molecule has 1 aromatic rings. The fourth-order valence-corrected chi connectivity index (χ4v) is 1.32. The van der Waals surface area contributed by atoms with Crippen molar-refractivity contribution in [3.05, 3.63) is 29.1 Å². The summed E-state index contributed by atoms with van der Waals surface area (Å²) in [6.07, 6.45) is -2.29. The van der Waals surface area contributed by atoms with Gasteiger partial charge in [-0.3, -0.25) is 4.79 Å². The molecule has 2 unspecified atom stereocenters. The monoisotopic (exact) mass is 240 g/mol. The summed E-state index contributed by atoms with van der Waals surface area (Å²) in [6.45, 7) is 1.63. The molecule has 0 aliphatic heterocycles. The molecule has 0 aromatic carbocycles. The lowest BCUT2D eigenvalue weighted by molar-refractivity contribution is -0.132. The van der Waals surface area contributed by atoms with E-state index < -0.39 is 29.8 Å². The molecule has 2 atom stereocenters. The van der Waals surface area contributed by atoms with Crippen molar-refractivity contribution in [2.24, 2.45) is 5.73 Å². The lowest BCUT2D eigenvalue weighted by Crippen LogP contribution is -2.34. The van der Waals surface area contributed by atoms with Gasteiger partial charge in [-0.05, 0) is 18.6 Å². The van der Waals surface area contributed by atoms with Crippen molar-refractivity contribution in [2.45, 2.75) is 19.1 Å². The molecule has 7 heteroatoms. The molecule has 0 saturated carbocycles. The van der Waals surface area contributed by atoms with E-state index in [-0.39, 0.29) is 5.56 Å². The summed E-state index contributed by atoms with van der Waals surface area (Å²) in [4.78, 5) is 25.2. The normalized spacial score (nSPS) is 14.1. The van der Waals surface area contributed by atoms with Gasteiger partial charge in [0.15, 0.2) is 11.8 Å². The van der Waals surface area contributed by atoms with Crippen LogP contribution in [0.1, 0.15) is 27.7 Å². The van der Waals surface area contributed by atoms with Gasteiger partial charge in [0.05, 0.1) is 0 Å². The van der Waals surface area contributed by atoms with Gasteiger partial charge in [-0.1, -0.05) is 0 Å². The van der Waals surface area contributed by atoms with Crippen LogP contribution in [0.5, 0.6) is 0 Å². The Bertz CT molecular complexity index is 460. The summed E-state index contributed by atoms with van der Waals surface area (Å²) in [5, 5.41) is 27.8. The summed E-state index contributed by atoms with van der Waals surface area (Å²) < 4.78 is 0. The minimum absolute atomic E-state index is 0.149. The number of primary amides is 1. The smallest absolute Gasteiger partial charge is 0.354 e. The number of carbonyl (C=O) groups excluding carboxylic acids is 1. The molecular weight excluding hydrogens is 228 g/mol. The minimum Gasteiger partial charge on any atom is -0.477 e. The van der Waals surface area contributed by atoms with Crippen molar-refractivity contribution in [1.82, 2.24) is 4.98 Å². The molecule has 0 spiro atoms. The molecule has 0 radical (unpaired) electrons. The van der Waals surface area contributed by atoms with Crippen LogP contribution in [0.2, 0.25) is 0 Å². The van der Waals surface area contributed by atoms with Crippen molar-refractivity contribution in [2.75, 3.05) is 0 Å². The average Bonchev–Trinajstić information content (AvgIpc) is 2.26. The van der Waals surface area contributed by atoms with Crippen molar-refractivity contribution in [3.8, 4) is 0 Å². The Morgan fingerprint density at radius 2 is 2.00 bits per heavy atom. The topological polar surface area (TPSA) is 134 Å². The maximum Gasteiger partial charge on any atom is 0.354 e. The number of aromatic carboxylic acids is 1. The van der Waals surface area contributed by atoms with E-state index in [0.717, 1.165) is 0 Å². The Hall–Kier alpha value is -1.99. The number of aliphatic hydroxyl groups is 2. The van der Waals surface area contributed by atoms with Gasteiger partial charge in [0.1, 0.15) is 6.10 Å². The molecule has 1 amide bonds. The SMILES string of the molecule is Cc1cnc(C(=O)O)c(C(O)C(O)C(N)=O)c1. The van der Waals surface area contributed by atoms with Gasteiger partial charge >= 0.3 is 5.97 Å². The van der Waals surface area contributed by atoms with Crippen LogP contribution >= 0.6 is 0 Å². The van der Waals surface area contributed by atoms with Crippen LogP contribution in [-0.4, -0.2) is 38.3 Å². The fraction of sp³-hybridized carbons (Fsp3) is 0.300. The van der Waals surface area contributed by atoms with Gasteiger partial charge < -0.3 is 21.1 Å². The number of aryl methyl sites for hydroxylation is 1. The number of aliphatic hydroxyl groups excluding tert-OH is 2. The van der Waals surface area contributed by atoms with Crippen LogP contribution < -0.4 is 5.73 Å². The number of carboxylic acid groups (broad SMARTS) is 1. The molecule has 0 fully saturated rings. The third-order valence-corrected chi connectivity index (χ3v) is 2.17. The van der Waals surface area contributed by atoms with E-state index in [0.29, 0.717) is 5.56 Å². The first-order valence-electron chi connectivity index (χ1n) is 4.70. The second kappa shape index (κ2) is 4.89. The van der Waals surface area contributed by atoms with E-state index in [9.17, 15) is 19.8 Å². The molecule has 92 valence electrons. The van der Waals surface area contributed by atoms with Crippen LogP contribution in [0.25, 0.3) is 0 Å². The van der Waals surface area contributed by atoms with Crippen LogP contribution in [0, 0.1) is 6.92 Å². The van der Waals surface area contributed by atoms with Crippen LogP contribution in [-0.2, 0) is 4.79 Å². The highest BCUT2D eigenvalue weighted by Gasteiger charge is 2.28. The van der Waals surface area contributed by atoms with Gasteiger partial charge in [-0.25, -0.2) is 9.78 Å². The number of carboxylic acids is 1. The average molecular weight is 240 g/mol. The molecule has 0 aliphatic carbocycles. The van der Waals surface area contributed by atoms with Crippen molar-refractivity contribution < 1.29 is 24.9 Å². The predicted molar refractivity (Wildman–Crippen MR) is 56.1 cm³/mol. The number of carbonyl (C=O) groups is 2. The summed E-state index contributed by atoms with van der Waals surface area (Å²) in [5.74, 6) is -2.51. The second-order valence-corrected chi connectivity index (χ2v) is 3.55. The summed E-state index contributed by atoms with van der Waals surface area (Å²) in [6, 6.07) is 1.33. The van der Waals surface area contributed by atoms with Crippen molar-refractivity contribution in [3.63, 3.8) is 0 Å². The van der Waals surface area contributed by atoms with Crippen molar-refractivity contribution >= 4 is 11.9 Å². The van der Waals surface area contributed by atoms with Crippen LogP contribution in [0.3, 0.4) is 0 Å². The first kappa shape index (κ1) is 13.1. The molecule has 1 rings (SSSR count). The van der Waals surface area contributed by atoms with Gasteiger partial charge in [-0.15, -0.1) is 0 Å². The third-order valence-electron chi connectivity index (χ3n) is 2.17. The number of pyridine rings is 1. The van der Waals surface area contributed by atoms with Crippen LogP contribution in [0.4, 0.5) is 0 Å². The fourth-order valence-electron chi connectivity index (χ4n) is 1.32. The lowest BCUT2D eigenvalue weighted by atomic mass is 10.0. The largest absolute Gasteiger partial charge is 0.477 e. The zero-order chi connectivity index (χ0) is 13.2. The molecule has 1 aromatic heterocycles. The molecule has 1 heterocycles. The number of nitrogens with zero attached hydrogens (tertiary/aromatic N) is 1. The quantitative estimate of drug-likeness (QED) is 0.531. The highest BCUT2D eigenvalue weighted by atomic mass is 16.4. The Kier molecular flexibility index (Phi) is 3.77. The second-order valence-electron chi connectivity index (χ2n) is 3.55. The van der Waals surface area contributed by atoms with E-state index in [2.05, 4.69) is 4.98 Å². The first-order chi connectivity index (χ1) is 7.84. The number of hydrogen-bond donors (Lipinski definition) is 4. The maximum atomic E-state index is 10.9. The van der Waals surface area contributed by atoms with E-state index in [1.807, 2.05) is 0 Å². The van der Waals surface area contributed by atoms with E-state index in [4.69, 9.17) is 10.8 Å². The van der Waals surface area contributed by atoms with E-state index >= 15 is 0 Å². The maximum absolute atomic E-state index is 10.9. The Labute approximate surface area is 96.5 Å². The number of rotatable bonds is 4. The third kappa shape index (κ3) is 2.77. The van der Waals surface area contributed by atoms with Crippen molar-refractivity contribution in [1.29, 1.82) is 0 Å². The standard InChI is InChI=1S/C10H12N2O5/c1-4-2-5(6(10(16)17)12-3-4)7(13)8(14)9(11)15/h2-3,7-8,13-14H,1H3,(H2,11,15)(H,16,17). The van der Waals surface area contributed by atoms with Gasteiger partial charge in [0.25, 0.3) is 0 Å².